The molecule has 0 radical (unpaired) electrons. The van der Waals surface area contributed by atoms with E-state index in [1.807, 2.05) is 47.4 Å². The first-order chi connectivity index (χ1) is 20.1. The number of likely N-dealkylation sites (N-methyl/N-ethyl adjacent to an activating group) is 1. The summed E-state index contributed by atoms with van der Waals surface area (Å²) >= 11 is 6.88. The topological polar surface area (TPSA) is 113 Å². The second-order valence-electron chi connectivity index (χ2n) is 11.6. The first-order valence-electron chi connectivity index (χ1n) is 14.4. The van der Waals surface area contributed by atoms with Crippen LogP contribution in [0.25, 0.3) is 11.1 Å². The molecule has 4 N–H and O–H groups in total. The van der Waals surface area contributed by atoms with E-state index in [2.05, 4.69) is 0 Å². The number of fused-ring (bicyclic) bond motifs is 4. The van der Waals surface area contributed by atoms with Gasteiger partial charge in [0.2, 0.25) is 0 Å². The summed E-state index contributed by atoms with van der Waals surface area (Å²) in [7, 11) is 3.34. The smallest absolute Gasteiger partial charge is 0.344 e. The summed E-state index contributed by atoms with van der Waals surface area (Å²) < 4.78 is 5.48. The van der Waals surface area contributed by atoms with Crippen LogP contribution in [0.2, 0.25) is 5.02 Å². The van der Waals surface area contributed by atoms with Crippen LogP contribution in [0, 0.1) is 5.92 Å². The van der Waals surface area contributed by atoms with Gasteiger partial charge < -0.3 is 25.6 Å². The van der Waals surface area contributed by atoms with Crippen molar-refractivity contribution < 1.29 is 24.5 Å². The summed E-state index contributed by atoms with van der Waals surface area (Å²) in [4.78, 5) is 28.5. The van der Waals surface area contributed by atoms with Crippen molar-refractivity contribution in [2.45, 2.75) is 37.8 Å². The Morgan fingerprint density at radius 1 is 1.14 bits per heavy atom. The molecule has 9 heteroatoms. The number of nitrogens with zero attached hydrogens (tertiary/aromatic N) is 2. The van der Waals surface area contributed by atoms with Crippen LogP contribution in [0.3, 0.4) is 0 Å². The predicted molar refractivity (Wildman–Crippen MR) is 164 cm³/mol. The van der Waals surface area contributed by atoms with Gasteiger partial charge in [0.15, 0.2) is 6.61 Å². The number of nitrogens with two attached hydrogens (primary N) is 1. The van der Waals surface area contributed by atoms with Gasteiger partial charge in [-0.1, -0.05) is 35.9 Å². The molecular weight excluding hydrogens is 554 g/mol. The van der Waals surface area contributed by atoms with Gasteiger partial charge in [-0.3, -0.25) is 4.79 Å². The van der Waals surface area contributed by atoms with Crippen molar-refractivity contribution in [2.75, 3.05) is 40.4 Å². The number of hydrogen-bond acceptors (Lipinski definition) is 6. The van der Waals surface area contributed by atoms with E-state index < -0.39 is 12.2 Å². The van der Waals surface area contributed by atoms with Crippen LogP contribution in [0.1, 0.15) is 47.2 Å². The monoisotopic (exact) mass is 592 g/mol. The van der Waals surface area contributed by atoms with E-state index in [4.69, 9.17) is 22.1 Å². The first kappa shape index (κ1) is 30.2. The molecule has 3 aromatic rings. The third-order valence-electron chi connectivity index (χ3n) is 9.14. The Labute approximate surface area is 251 Å². The lowest BCUT2D eigenvalue weighted by Crippen LogP contribution is -2.54. The summed E-state index contributed by atoms with van der Waals surface area (Å²) in [6, 6.07) is 18.5. The van der Waals surface area contributed by atoms with Gasteiger partial charge in [0, 0.05) is 60.3 Å². The molecule has 2 amide bonds. The summed E-state index contributed by atoms with van der Waals surface area (Å²) in [6.07, 6.45) is 2.31. The highest BCUT2D eigenvalue weighted by Gasteiger charge is 2.45. The molecule has 0 aromatic heterocycles. The van der Waals surface area contributed by atoms with Gasteiger partial charge in [0.1, 0.15) is 11.4 Å². The van der Waals surface area contributed by atoms with Crippen LogP contribution in [0.4, 0.5) is 5.69 Å². The molecule has 0 saturated carbocycles. The fourth-order valence-electron chi connectivity index (χ4n) is 6.60. The Kier molecular flexibility index (Phi) is 8.73. The van der Waals surface area contributed by atoms with Crippen molar-refractivity contribution in [3.05, 3.63) is 82.4 Å². The van der Waals surface area contributed by atoms with E-state index in [9.17, 15) is 19.8 Å². The molecule has 1 unspecified atom stereocenters. The minimum atomic E-state index is -1.34. The van der Waals surface area contributed by atoms with Crippen molar-refractivity contribution in [3.8, 4) is 16.9 Å². The Morgan fingerprint density at radius 3 is 2.60 bits per heavy atom. The minimum absolute atomic E-state index is 0.0757. The van der Waals surface area contributed by atoms with Crippen molar-refractivity contribution in [1.29, 1.82) is 0 Å². The Bertz CT molecular complexity index is 1480. The van der Waals surface area contributed by atoms with Gasteiger partial charge in [-0.25, -0.2) is 9.28 Å². The molecule has 0 spiro atoms. The van der Waals surface area contributed by atoms with Crippen molar-refractivity contribution in [3.63, 3.8) is 0 Å². The lowest BCUT2D eigenvalue weighted by molar-refractivity contribution is -0.132. The number of likely N-dealkylation sites (tertiary alicyclic amines) is 1. The average Bonchev–Trinajstić information content (AvgIpc) is 3.03. The van der Waals surface area contributed by atoms with E-state index in [1.54, 1.807) is 32.4 Å². The van der Waals surface area contributed by atoms with Gasteiger partial charge in [-0.15, -0.1) is 0 Å². The van der Waals surface area contributed by atoms with Crippen LogP contribution in [0.5, 0.6) is 5.75 Å². The van der Waals surface area contributed by atoms with E-state index in [1.165, 1.54) is 0 Å². The first-order valence-corrected chi connectivity index (χ1v) is 14.8. The summed E-state index contributed by atoms with van der Waals surface area (Å²) in [5.41, 5.74) is 8.71. The second-order valence-corrected chi connectivity index (χ2v) is 12.0. The quantitative estimate of drug-likeness (QED) is 0.377. The van der Waals surface area contributed by atoms with Gasteiger partial charge in [0.05, 0.1) is 26.3 Å². The number of methoxy groups -OCH3 is 1. The number of benzene rings is 3. The standard InChI is InChI=1S/C33H39ClN3O5/c1-37(30(39)21-38)15-5-13-33(41,25-6-4-14-36(20-25)32(40)23-11-9-22(19-35)10-12-23)28-7-3-8-29(34)31(28)24-16-26(37)18-27(17-24)42-2/h3,7-12,16-18,25,38,41H,4-6,13-15,19-21,35H2,1-2H3/q+1/t25-,33+,37?/m1/s1. The number of rotatable bonds is 5. The van der Waals surface area contributed by atoms with Gasteiger partial charge in [0.25, 0.3) is 5.91 Å². The molecule has 2 aliphatic heterocycles. The second kappa shape index (κ2) is 12.1. The van der Waals surface area contributed by atoms with Gasteiger partial charge in [-0.2, -0.15) is 0 Å². The molecule has 1 saturated heterocycles. The molecule has 2 bridgehead atoms. The Morgan fingerprint density at radius 2 is 1.90 bits per heavy atom. The molecule has 5 rings (SSSR count). The van der Waals surface area contributed by atoms with E-state index in [0.29, 0.717) is 77.7 Å². The van der Waals surface area contributed by atoms with Crippen molar-refractivity contribution >= 4 is 29.1 Å². The molecule has 3 aromatic carbocycles. The normalized spacial score (nSPS) is 24.0. The van der Waals surface area contributed by atoms with E-state index in [0.717, 1.165) is 18.4 Å². The maximum atomic E-state index is 13.6. The van der Waals surface area contributed by atoms with Crippen LogP contribution < -0.4 is 15.0 Å². The zero-order valence-electron chi connectivity index (χ0n) is 24.2. The van der Waals surface area contributed by atoms with Crippen LogP contribution in [-0.4, -0.2) is 67.3 Å². The van der Waals surface area contributed by atoms with Gasteiger partial charge >= 0.3 is 5.91 Å². The highest BCUT2D eigenvalue weighted by molar-refractivity contribution is 6.33. The van der Waals surface area contributed by atoms with Crippen LogP contribution in [0.15, 0.2) is 60.7 Å². The lowest BCUT2D eigenvalue weighted by Gasteiger charge is -2.44. The summed E-state index contributed by atoms with van der Waals surface area (Å²) in [5.74, 6) is -0.156. The maximum Gasteiger partial charge on any atom is 0.344 e. The van der Waals surface area contributed by atoms with E-state index in [-0.39, 0.29) is 22.2 Å². The molecule has 8 nitrogen and oxygen atoms in total. The highest BCUT2D eigenvalue weighted by atomic mass is 35.5. The summed E-state index contributed by atoms with van der Waals surface area (Å²) in [5, 5.41) is 23.1. The Balaban J connectivity index is 1.60. The summed E-state index contributed by atoms with van der Waals surface area (Å²) in [6.45, 7) is 1.14. The van der Waals surface area contributed by atoms with Crippen molar-refractivity contribution in [2.24, 2.45) is 11.7 Å². The number of ether oxygens (including phenoxy) is 1. The number of carbonyl (C=O) groups is 2. The zero-order valence-corrected chi connectivity index (χ0v) is 24.9. The number of aliphatic hydroxyl groups is 2. The maximum absolute atomic E-state index is 13.6. The average molecular weight is 593 g/mol. The largest absolute Gasteiger partial charge is 0.497 e. The molecule has 0 aliphatic carbocycles. The number of amides is 2. The number of piperidine rings is 1. The van der Waals surface area contributed by atoms with Crippen LogP contribution >= 0.6 is 11.6 Å². The van der Waals surface area contributed by atoms with Gasteiger partial charge in [-0.05, 0) is 60.2 Å². The van der Waals surface area contributed by atoms with Crippen LogP contribution in [-0.2, 0) is 16.9 Å². The highest BCUT2D eigenvalue weighted by Crippen LogP contribution is 2.48. The third kappa shape index (κ3) is 5.45. The third-order valence-corrected chi connectivity index (χ3v) is 9.45. The lowest BCUT2D eigenvalue weighted by atomic mass is 9.71. The number of hydrogen-bond donors (Lipinski definition) is 3. The molecule has 2 heterocycles. The molecule has 3 atom stereocenters. The molecule has 2 aliphatic rings. The molecular formula is C33H39ClN3O5+. The Hall–Kier alpha value is -3.27. The molecule has 42 heavy (non-hydrogen) atoms. The molecule has 1 fully saturated rings. The number of aliphatic hydroxyl groups excluding tert-OH is 1. The minimum Gasteiger partial charge on any atom is -0.497 e. The number of quaternary nitrogens is 1. The number of halogens is 1. The number of carbonyl (C=O) groups excluding carboxylic acids is 2. The SMILES string of the molecule is COc1cc2cc(c1)[N+](C)(C(=O)CO)CCC[C@](O)([C@@H]1CCCN(C(=O)c3ccc(CN)cc3)C1)c1cccc(Cl)c1-2. The fraction of sp³-hybridized carbons (Fsp3) is 0.394. The zero-order chi connectivity index (χ0) is 30.1. The van der Waals surface area contributed by atoms with Crippen molar-refractivity contribution in [1.82, 2.24) is 9.38 Å². The fourth-order valence-corrected chi connectivity index (χ4v) is 6.89. The predicted octanol–water partition coefficient (Wildman–Crippen LogP) is 4.46. The molecule has 222 valence electrons. The van der Waals surface area contributed by atoms with E-state index >= 15 is 0 Å².